The minimum absolute atomic E-state index is 0.180. The molecular formula is C16H16O2S. The number of ketones is 1. The summed E-state index contributed by atoms with van der Waals surface area (Å²) in [5, 5.41) is 0. The number of carbonyl (C=O) groups is 1. The van der Waals surface area contributed by atoms with Crippen LogP contribution in [0, 0.1) is 0 Å². The van der Waals surface area contributed by atoms with Crippen molar-refractivity contribution in [2.45, 2.75) is 5.75 Å². The van der Waals surface area contributed by atoms with E-state index in [9.17, 15) is 4.79 Å². The van der Waals surface area contributed by atoms with Gasteiger partial charge in [0.25, 0.3) is 0 Å². The van der Waals surface area contributed by atoms with E-state index < -0.39 is 0 Å². The fraction of sp³-hybridized carbons (Fsp3) is 0.188. The Labute approximate surface area is 117 Å². The largest absolute Gasteiger partial charge is 0.497 e. The van der Waals surface area contributed by atoms with Crippen molar-refractivity contribution in [1.82, 2.24) is 0 Å². The molecule has 2 aromatic carbocycles. The van der Waals surface area contributed by atoms with E-state index >= 15 is 0 Å². The molecule has 0 amide bonds. The Bertz CT molecular complexity index is 520. The molecular weight excluding hydrogens is 256 g/mol. The molecule has 0 radical (unpaired) electrons. The summed E-state index contributed by atoms with van der Waals surface area (Å²) in [5.74, 6) is 2.38. The van der Waals surface area contributed by atoms with E-state index in [1.54, 1.807) is 18.9 Å². The van der Waals surface area contributed by atoms with Crippen LogP contribution in [0.2, 0.25) is 0 Å². The van der Waals surface area contributed by atoms with Crippen LogP contribution in [0.4, 0.5) is 0 Å². The number of Topliss-reactive ketones (excluding diaryl/α,β-unsaturated/α-hetero) is 1. The van der Waals surface area contributed by atoms with Gasteiger partial charge in [-0.1, -0.05) is 42.5 Å². The minimum Gasteiger partial charge on any atom is -0.497 e. The van der Waals surface area contributed by atoms with Crippen LogP contribution in [0.1, 0.15) is 15.9 Å². The first kappa shape index (κ1) is 13.7. The second-order valence-electron chi connectivity index (χ2n) is 4.13. The molecule has 19 heavy (non-hydrogen) atoms. The molecule has 0 aliphatic rings. The van der Waals surface area contributed by atoms with E-state index in [0.29, 0.717) is 5.75 Å². The van der Waals surface area contributed by atoms with Crippen molar-refractivity contribution in [1.29, 1.82) is 0 Å². The first-order valence-corrected chi connectivity index (χ1v) is 7.24. The standard InChI is InChI=1S/C16H16O2S/c1-18-15-9-7-13(8-10-15)11-19-12-16(17)14-5-3-2-4-6-14/h2-10H,11-12H2,1H3. The molecule has 98 valence electrons. The van der Waals surface area contributed by atoms with E-state index in [1.165, 1.54) is 5.56 Å². The van der Waals surface area contributed by atoms with Gasteiger partial charge in [-0.2, -0.15) is 0 Å². The van der Waals surface area contributed by atoms with Crippen LogP contribution >= 0.6 is 11.8 Å². The Morgan fingerprint density at radius 1 is 1.05 bits per heavy atom. The summed E-state index contributed by atoms with van der Waals surface area (Å²) in [4.78, 5) is 11.9. The highest BCUT2D eigenvalue weighted by Gasteiger charge is 2.05. The smallest absolute Gasteiger partial charge is 0.172 e. The molecule has 0 heterocycles. The Kier molecular flexibility index (Phi) is 5.04. The lowest BCUT2D eigenvalue weighted by molar-refractivity contribution is 0.102. The summed E-state index contributed by atoms with van der Waals surface area (Å²) in [7, 11) is 1.66. The molecule has 0 aliphatic carbocycles. The Hall–Kier alpha value is -1.74. The number of hydrogen-bond donors (Lipinski definition) is 0. The molecule has 3 heteroatoms. The Morgan fingerprint density at radius 3 is 2.37 bits per heavy atom. The highest BCUT2D eigenvalue weighted by Crippen LogP contribution is 2.17. The minimum atomic E-state index is 0.180. The maximum atomic E-state index is 11.9. The van der Waals surface area contributed by atoms with Gasteiger partial charge in [-0.15, -0.1) is 11.8 Å². The molecule has 0 fully saturated rings. The zero-order valence-electron chi connectivity index (χ0n) is 10.8. The molecule has 0 aliphatic heterocycles. The van der Waals surface area contributed by atoms with Crippen molar-refractivity contribution >= 4 is 17.5 Å². The van der Waals surface area contributed by atoms with Crippen LogP contribution in [-0.2, 0) is 5.75 Å². The highest BCUT2D eigenvalue weighted by atomic mass is 32.2. The average Bonchev–Trinajstić information content (AvgIpc) is 2.49. The molecule has 2 rings (SSSR count). The lowest BCUT2D eigenvalue weighted by Crippen LogP contribution is -2.02. The van der Waals surface area contributed by atoms with Gasteiger partial charge >= 0.3 is 0 Å². The molecule has 2 nitrogen and oxygen atoms in total. The Balaban J connectivity index is 1.81. The number of carbonyl (C=O) groups excluding carboxylic acids is 1. The molecule has 0 spiro atoms. The summed E-state index contributed by atoms with van der Waals surface area (Å²) in [5.41, 5.74) is 1.98. The van der Waals surface area contributed by atoms with Gasteiger partial charge in [0.2, 0.25) is 0 Å². The van der Waals surface area contributed by atoms with Crippen LogP contribution in [0.25, 0.3) is 0 Å². The van der Waals surface area contributed by atoms with Gasteiger partial charge in [0.15, 0.2) is 5.78 Å². The molecule has 2 aromatic rings. The summed E-state index contributed by atoms with van der Waals surface area (Å²) in [6, 6.07) is 17.3. The molecule has 0 N–H and O–H groups in total. The third kappa shape index (κ3) is 4.14. The monoisotopic (exact) mass is 272 g/mol. The van der Waals surface area contributed by atoms with E-state index in [0.717, 1.165) is 17.1 Å². The lowest BCUT2D eigenvalue weighted by Gasteiger charge is -2.03. The van der Waals surface area contributed by atoms with Crippen molar-refractivity contribution in [3.05, 3.63) is 65.7 Å². The third-order valence-electron chi connectivity index (χ3n) is 2.76. The van der Waals surface area contributed by atoms with Gasteiger partial charge in [-0.3, -0.25) is 4.79 Å². The lowest BCUT2D eigenvalue weighted by atomic mass is 10.2. The molecule has 0 bridgehead atoms. The van der Waals surface area contributed by atoms with E-state index in [4.69, 9.17) is 4.74 Å². The Morgan fingerprint density at radius 2 is 1.74 bits per heavy atom. The summed E-state index contributed by atoms with van der Waals surface area (Å²) >= 11 is 1.63. The van der Waals surface area contributed by atoms with Crippen LogP contribution < -0.4 is 4.74 Å². The van der Waals surface area contributed by atoms with Crippen LogP contribution in [0.3, 0.4) is 0 Å². The second-order valence-corrected chi connectivity index (χ2v) is 5.12. The van der Waals surface area contributed by atoms with E-state index in [-0.39, 0.29) is 5.78 Å². The third-order valence-corrected chi connectivity index (χ3v) is 3.76. The fourth-order valence-electron chi connectivity index (χ4n) is 1.69. The summed E-state index contributed by atoms with van der Waals surface area (Å²) in [6.07, 6.45) is 0. The molecule has 0 saturated carbocycles. The average molecular weight is 272 g/mol. The number of benzene rings is 2. The first-order valence-electron chi connectivity index (χ1n) is 6.08. The topological polar surface area (TPSA) is 26.3 Å². The molecule has 0 unspecified atom stereocenters. The maximum Gasteiger partial charge on any atom is 0.172 e. The number of methoxy groups -OCH3 is 1. The van der Waals surface area contributed by atoms with Crippen molar-refractivity contribution in [2.75, 3.05) is 12.9 Å². The van der Waals surface area contributed by atoms with E-state index in [2.05, 4.69) is 0 Å². The zero-order chi connectivity index (χ0) is 13.5. The highest BCUT2D eigenvalue weighted by molar-refractivity contribution is 7.99. The number of rotatable bonds is 6. The number of thioether (sulfide) groups is 1. The summed E-state index contributed by atoms with van der Waals surface area (Å²) < 4.78 is 5.11. The second kappa shape index (κ2) is 7.00. The van der Waals surface area contributed by atoms with Gasteiger partial charge in [0.05, 0.1) is 12.9 Å². The van der Waals surface area contributed by atoms with Gasteiger partial charge in [-0.05, 0) is 17.7 Å². The van der Waals surface area contributed by atoms with Crippen molar-refractivity contribution in [3.8, 4) is 5.75 Å². The predicted octanol–water partition coefficient (Wildman–Crippen LogP) is 3.81. The molecule has 0 aromatic heterocycles. The first-order chi connectivity index (χ1) is 9.29. The van der Waals surface area contributed by atoms with Crippen molar-refractivity contribution in [3.63, 3.8) is 0 Å². The summed E-state index contributed by atoms with van der Waals surface area (Å²) in [6.45, 7) is 0. The van der Waals surface area contributed by atoms with Crippen LogP contribution in [0.5, 0.6) is 5.75 Å². The van der Waals surface area contributed by atoms with Crippen LogP contribution in [0.15, 0.2) is 54.6 Å². The van der Waals surface area contributed by atoms with Crippen molar-refractivity contribution in [2.24, 2.45) is 0 Å². The predicted molar refractivity (Wildman–Crippen MR) is 79.9 cm³/mol. The normalized spacial score (nSPS) is 10.2. The quantitative estimate of drug-likeness (QED) is 0.748. The van der Waals surface area contributed by atoms with Gasteiger partial charge < -0.3 is 4.74 Å². The number of hydrogen-bond acceptors (Lipinski definition) is 3. The number of ether oxygens (including phenoxy) is 1. The SMILES string of the molecule is COc1ccc(CSCC(=O)c2ccccc2)cc1. The van der Waals surface area contributed by atoms with Gasteiger partial charge in [0.1, 0.15) is 5.75 Å². The van der Waals surface area contributed by atoms with Crippen molar-refractivity contribution < 1.29 is 9.53 Å². The molecule has 0 atom stereocenters. The maximum absolute atomic E-state index is 11.9. The van der Waals surface area contributed by atoms with E-state index in [1.807, 2.05) is 54.6 Å². The van der Waals surface area contributed by atoms with Gasteiger partial charge in [-0.25, -0.2) is 0 Å². The zero-order valence-corrected chi connectivity index (χ0v) is 11.7. The van der Waals surface area contributed by atoms with Crippen LogP contribution in [-0.4, -0.2) is 18.6 Å². The fourth-order valence-corrected chi connectivity index (χ4v) is 2.57. The van der Waals surface area contributed by atoms with Gasteiger partial charge in [0, 0.05) is 11.3 Å². The molecule has 0 saturated heterocycles.